The Morgan fingerprint density at radius 3 is 2.46 bits per heavy atom. The number of nitrogens with zero attached hydrogens (tertiary/aromatic N) is 2. The number of pyridine rings is 1. The molecule has 1 amide bonds. The molecule has 6 heteroatoms. The van der Waals surface area contributed by atoms with Crippen molar-refractivity contribution in [3.05, 3.63) is 58.2 Å². The molecule has 0 unspecified atom stereocenters. The summed E-state index contributed by atoms with van der Waals surface area (Å²) in [6.45, 7) is 1.67. The lowest BCUT2D eigenvalue weighted by Crippen LogP contribution is -2.47. The van der Waals surface area contributed by atoms with Crippen LogP contribution in [0.25, 0.3) is 0 Å². The largest absolute Gasteiger partial charge is 0.381 e. The van der Waals surface area contributed by atoms with Crippen molar-refractivity contribution in [3.63, 3.8) is 0 Å². The van der Waals surface area contributed by atoms with E-state index in [9.17, 15) is 4.79 Å². The van der Waals surface area contributed by atoms with Crippen molar-refractivity contribution in [1.82, 2.24) is 10.3 Å². The van der Waals surface area contributed by atoms with Crippen LogP contribution in [0.1, 0.15) is 24.0 Å². The van der Waals surface area contributed by atoms with Crippen molar-refractivity contribution < 1.29 is 9.53 Å². The maximum atomic E-state index is 13.1. The van der Waals surface area contributed by atoms with Gasteiger partial charge in [-0.15, -0.1) is 0 Å². The van der Waals surface area contributed by atoms with E-state index in [0.717, 1.165) is 21.4 Å². The predicted octanol–water partition coefficient (Wildman–Crippen LogP) is 3.27. The van der Waals surface area contributed by atoms with Crippen LogP contribution in [0.15, 0.2) is 47.1 Å². The zero-order valence-corrected chi connectivity index (χ0v) is 16.8. The second-order valence-electron chi connectivity index (χ2n) is 6.80. The van der Waals surface area contributed by atoms with Gasteiger partial charge < -0.3 is 15.0 Å². The lowest BCUT2D eigenvalue weighted by atomic mass is 9.73. The molecule has 2 aromatic rings. The number of ether oxygens (including phenoxy) is 1. The van der Waals surface area contributed by atoms with Gasteiger partial charge in [0.1, 0.15) is 5.82 Å². The highest BCUT2D eigenvalue weighted by Gasteiger charge is 2.41. The Bertz CT molecular complexity index is 739. The Morgan fingerprint density at radius 2 is 1.88 bits per heavy atom. The number of carbonyl (C=O) groups excluding carboxylic acids is 1. The highest BCUT2D eigenvalue weighted by Crippen LogP contribution is 2.35. The van der Waals surface area contributed by atoms with Gasteiger partial charge in [0.05, 0.1) is 5.41 Å². The van der Waals surface area contributed by atoms with Gasteiger partial charge in [0.15, 0.2) is 0 Å². The lowest BCUT2D eigenvalue weighted by molar-refractivity contribution is -0.130. The SMILES string of the molecule is CN(C)c1ccc(CNC(=O)C2(c3ccc(Br)cc3)CCOCC2)cn1. The monoisotopic (exact) mass is 417 g/mol. The summed E-state index contributed by atoms with van der Waals surface area (Å²) >= 11 is 3.47. The number of hydrogen-bond donors (Lipinski definition) is 1. The fraction of sp³-hybridized carbons (Fsp3) is 0.400. The predicted molar refractivity (Wildman–Crippen MR) is 106 cm³/mol. The number of hydrogen-bond acceptors (Lipinski definition) is 4. The van der Waals surface area contributed by atoms with E-state index in [1.807, 2.05) is 61.6 Å². The molecule has 0 atom stereocenters. The highest BCUT2D eigenvalue weighted by atomic mass is 79.9. The van der Waals surface area contributed by atoms with E-state index in [4.69, 9.17) is 4.74 Å². The summed E-state index contributed by atoms with van der Waals surface area (Å²) in [4.78, 5) is 19.5. The quantitative estimate of drug-likeness (QED) is 0.810. The maximum absolute atomic E-state index is 13.1. The van der Waals surface area contributed by atoms with E-state index < -0.39 is 5.41 Å². The normalized spacial score (nSPS) is 16.1. The molecule has 0 bridgehead atoms. The van der Waals surface area contributed by atoms with Gasteiger partial charge in [-0.3, -0.25) is 4.79 Å². The van der Waals surface area contributed by atoms with Crippen LogP contribution in [-0.4, -0.2) is 38.2 Å². The molecule has 1 aromatic carbocycles. The summed E-state index contributed by atoms with van der Waals surface area (Å²) < 4.78 is 6.52. The van der Waals surface area contributed by atoms with E-state index >= 15 is 0 Å². The average Bonchev–Trinajstić information content (AvgIpc) is 2.67. The molecule has 0 spiro atoms. The first kappa shape index (κ1) is 18.9. The Kier molecular flexibility index (Phi) is 5.94. The van der Waals surface area contributed by atoms with Crippen LogP contribution in [0.3, 0.4) is 0 Å². The molecular weight excluding hydrogens is 394 g/mol. The first-order chi connectivity index (χ1) is 12.5. The van der Waals surface area contributed by atoms with E-state index in [1.54, 1.807) is 0 Å². The summed E-state index contributed by atoms with van der Waals surface area (Å²) in [6, 6.07) is 12.0. The summed E-state index contributed by atoms with van der Waals surface area (Å²) in [5, 5.41) is 3.11. The minimum absolute atomic E-state index is 0.0554. The first-order valence-corrected chi connectivity index (χ1v) is 9.55. The molecule has 0 saturated carbocycles. The third-order valence-electron chi connectivity index (χ3n) is 4.90. The summed E-state index contributed by atoms with van der Waals surface area (Å²) in [5.41, 5.74) is 1.50. The number of anilines is 1. The van der Waals surface area contributed by atoms with Crippen LogP contribution in [0, 0.1) is 0 Å². The number of halogens is 1. The molecule has 138 valence electrons. The van der Waals surface area contributed by atoms with Crippen LogP contribution in [-0.2, 0) is 21.5 Å². The molecule has 0 aliphatic carbocycles. The standard InChI is InChI=1S/C20H24BrN3O2/c1-24(2)18-8-3-15(13-22-18)14-23-19(25)20(9-11-26-12-10-20)16-4-6-17(21)7-5-16/h3-8,13H,9-12,14H2,1-2H3,(H,23,25). The van der Waals surface area contributed by atoms with Crippen LogP contribution in [0.2, 0.25) is 0 Å². The van der Waals surface area contributed by atoms with Gasteiger partial charge in [-0.1, -0.05) is 34.1 Å². The van der Waals surface area contributed by atoms with E-state index in [1.165, 1.54) is 0 Å². The third kappa shape index (κ3) is 4.07. The maximum Gasteiger partial charge on any atom is 0.231 e. The molecule has 26 heavy (non-hydrogen) atoms. The molecule has 5 nitrogen and oxygen atoms in total. The second-order valence-corrected chi connectivity index (χ2v) is 7.72. The third-order valence-corrected chi connectivity index (χ3v) is 5.43. The molecule has 1 aromatic heterocycles. The van der Waals surface area contributed by atoms with E-state index in [0.29, 0.717) is 32.6 Å². The van der Waals surface area contributed by atoms with Crippen LogP contribution >= 0.6 is 15.9 Å². The zero-order chi connectivity index (χ0) is 18.6. The van der Waals surface area contributed by atoms with E-state index in [-0.39, 0.29) is 5.91 Å². The van der Waals surface area contributed by atoms with Gasteiger partial charge in [-0.05, 0) is 42.2 Å². The Hall–Kier alpha value is -1.92. The van der Waals surface area contributed by atoms with Crippen molar-refractivity contribution in [2.24, 2.45) is 0 Å². The Labute approximate surface area is 162 Å². The fourth-order valence-corrected chi connectivity index (χ4v) is 3.54. The minimum Gasteiger partial charge on any atom is -0.381 e. The molecule has 1 aliphatic rings. The molecule has 1 aliphatic heterocycles. The van der Waals surface area contributed by atoms with Gasteiger partial charge in [-0.25, -0.2) is 4.98 Å². The molecule has 1 saturated heterocycles. The zero-order valence-electron chi connectivity index (χ0n) is 15.2. The van der Waals surface area contributed by atoms with Crippen molar-refractivity contribution in [1.29, 1.82) is 0 Å². The number of benzene rings is 1. The fourth-order valence-electron chi connectivity index (χ4n) is 3.27. The van der Waals surface area contributed by atoms with Gasteiger partial charge >= 0.3 is 0 Å². The molecule has 0 radical (unpaired) electrons. The molecular formula is C20H24BrN3O2. The average molecular weight is 418 g/mol. The van der Waals surface area contributed by atoms with Crippen molar-refractivity contribution >= 4 is 27.7 Å². The van der Waals surface area contributed by atoms with Gasteiger partial charge in [-0.2, -0.15) is 0 Å². The van der Waals surface area contributed by atoms with Crippen LogP contribution in [0.4, 0.5) is 5.82 Å². The number of aromatic nitrogens is 1. The molecule has 1 fully saturated rings. The minimum atomic E-state index is -0.532. The summed E-state index contributed by atoms with van der Waals surface area (Å²) in [6.07, 6.45) is 3.20. The summed E-state index contributed by atoms with van der Waals surface area (Å²) in [7, 11) is 3.91. The topological polar surface area (TPSA) is 54.5 Å². The highest BCUT2D eigenvalue weighted by molar-refractivity contribution is 9.10. The van der Waals surface area contributed by atoms with E-state index in [2.05, 4.69) is 26.2 Å². The van der Waals surface area contributed by atoms with Crippen molar-refractivity contribution in [3.8, 4) is 0 Å². The molecule has 2 heterocycles. The van der Waals surface area contributed by atoms with Gasteiger partial charge in [0, 0.05) is 44.5 Å². The molecule has 3 rings (SSSR count). The van der Waals surface area contributed by atoms with Crippen molar-refractivity contribution in [2.45, 2.75) is 24.8 Å². The second kappa shape index (κ2) is 8.18. The Morgan fingerprint density at radius 1 is 1.19 bits per heavy atom. The first-order valence-electron chi connectivity index (χ1n) is 8.76. The lowest BCUT2D eigenvalue weighted by Gasteiger charge is -2.36. The van der Waals surface area contributed by atoms with Gasteiger partial charge in [0.2, 0.25) is 5.91 Å². The Balaban J connectivity index is 1.74. The number of rotatable bonds is 5. The number of carbonyl (C=O) groups is 1. The number of amides is 1. The van der Waals surface area contributed by atoms with Crippen LogP contribution in [0.5, 0.6) is 0 Å². The van der Waals surface area contributed by atoms with Crippen LogP contribution < -0.4 is 10.2 Å². The molecule has 1 N–H and O–H groups in total. The summed E-state index contributed by atoms with van der Waals surface area (Å²) in [5.74, 6) is 0.954. The van der Waals surface area contributed by atoms with Crippen molar-refractivity contribution in [2.75, 3.05) is 32.2 Å². The smallest absolute Gasteiger partial charge is 0.231 e. The number of nitrogens with one attached hydrogen (secondary N) is 1. The van der Waals surface area contributed by atoms with Gasteiger partial charge in [0.25, 0.3) is 0 Å².